The Kier molecular flexibility index (Phi) is 3.59. The number of Topliss-reactive ketones (excluding diaryl/α,β-unsaturated/α-hetero) is 1. The Bertz CT molecular complexity index is 728. The molecule has 0 aliphatic carbocycles. The first-order chi connectivity index (χ1) is 9.99. The Hall–Kier alpha value is -1.66. The molecule has 1 N–H and O–H groups in total. The number of rotatable bonds is 3. The van der Waals surface area contributed by atoms with E-state index >= 15 is 0 Å². The summed E-state index contributed by atoms with van der Waals surface area (Å²) in [4.78, 5) is 26.5. The van der Waals surface area contributed by atoms with Gasteiger partial charge in [0.15, 0.2) is 0 Å². The van der Waals surface area contributed by atoms with Gasteiger partial charge in [-0.1, -0.05) is 6.07 Å². The molecule has 108 valence electrons. The minimum absolute atomic E-state index is 0.201. The van der Waals surface area contributed by atoms with Gasteiger partial charge in [0.2, 0.25) is 0 Å². The maximum Gasteiger partial charge on any atom is 0.296 e. The van der Waals surface area contributed by atoms with Crippen LogP contribution in [-0.2, 0) is 4.79 Å². The molecule has 4 nitrogen and oxygen atoms in total. The van der Waals surface area contributed by atoms with Crippen molar-refractivity contribution in [3.63, 3.8) is 0 Å². The normalized spacial score (nSPS) is 14.8. The zero-order valence-corrected chi connectivity index (χ0v) is 13.9. The number of anilines is 2. The molecule has 0 fully saturated rings. The van der Waals surface area contributed by atoms with E-state index in [1.165, 1.54) is 4.88 Å². The standard InChI is InChI=1S/C15H13BrN2O2S/c1-8(13-4-3-5-21-13)18(2)12-7-11-9(6-10(12)16)14(19)15(20)17-11/h3-8H,1-2H3,(H,17,19,20). The number of nitrogens with zero attached hydrogens (tertiary/aromatic N) is 1. The molecule has 1 unspecified atom stereocenters. The van der Waals surface area contributed by atoms with Crippen molar-refractivity contribution in [1.29, 1.82) is 0 Å². The Balaban J connectivity index is 1.98. The summed E-state index contributed by atoms with van der Waals surface area (Å²) in [5, 5.41) is 4.66. The van der Waals surface area contributed by atoms with Crippen molar-refractivity contribution in [3.05, 3.63) is 44.6 Å². The minimum Gasteiger partial charge on any atom is -0.366 e. The van der Waals surface area contributed by atoms with Gasteiger partial charge in [-0.2, -0.15) is 0 Å². The van der Waals surface area contributed by atoms with Crippen molar-refractivity contribution in [1.82, 2.24) is 0 Å². The first-order valence-electron chi connectivity index (χ1n) is 6.44. The van der Waals surface area contributed by atoms with Gasteiger partial charge in [0.05, 0.1) is 23.0 Å². The molecule has 1 atom stereocenters. The highest BCUT2D eigenvalue weighted by Gasteiger charge is 2.30. The molecule has 0 radical (unpaired) electrons. The van der Waals surface area contributed by atoms with Crippen LogP contribution in [0.1, 0.15) is 28.2 Å². The Morgan fingerprint density at radius 2 is 2.10 bits per heavy atom. The number of hydrogen-bond acceptors (Lipinski definition) is 4. The molecule has 0 bridgehead atoms. The van der Waals surface area contributed by atoms with Crippen LogP contribution in [0.25, 0.3) is 0 Å². The number of carbonyl (C=O) groups excluding carboxylic acids is 2. The van der Waals surface area contributed by atoms with Gasteiger partial charge in [-0.05, 0) is 46.4 Å². The van der Waals surface area contributed by atoms with Gasteiger partial charge >= 0.3 is 0 Å². The summed E-state index contributed by atoms with van der Waals surface area (Å²) < 4.78 is 0.803. The van der Waals surface area contributed by atoms with E-state index in [0.29, 0.717) is 11.3 Å². The smallest absolute Gasteiger partial charge is 0.296 e. The molecule has 21 heavy (non-hydrogen) atoms. The number of ketones is 1. The summed E-state index contributed by atoms with van der Waals surface area (Å²) >= 11 is 5.21. The number of amides is 1. The van der Waals surface area contributed by atoms with Crippen LogP contribution >= 0.6 is 27.3 Å². The predicted molar refractivity (Wildman–Crippen MR) is 88.2 cm³/mol. The molecule has 3 rings (SSSR count). The lowest BCUT2D eigenvalue weighted by molar-refractivity contribution is -0.112. The molecule has 1 aromatic heterocycles. The van der Waals surface area contributed by atoms with Crippen LogP contribution in [-0.4, -0.2) is 18.7 Å². The van der Waals surface area contributed by atoms with Gasteiger partial charge in [-0.25, -0.2) is 0 Å². The fraction of sp³-hybridized carbons (Fsp3) is 0.200. The molecule has 2 heterocycles. The third kappa shape index (κ3) is 2.38. The van der Waals surface area contributed by atoms with Gasteiger partial charge in [-0.3, -0.25) is 9.59 Å². The number of thiophene rings is 1. The second kappa shape index (κ2) is 5.27. The number of nitrogens with one attached hydrogen (secondary N) is 1. The Morgan fingerprint density at radius 1 is 1.33 bits per heavy atom. The lowest BCUT2D eigenvalue weighted by Gasteiger charge is -2.27. The molecule has 1 amide bonds. The number of benzene rings is 1. The van der Waals surface area contributed by atoms with Crippen LogP contribution < -0.4 is 10.2 Å². The second-order valence-corrected chi connectivity index (χ2v) is 6.77. The molecule has 0 saturated carbocycles. The first kappa shape index (κ1) is 14.3. The molecule has 2 aromatic rings. The largest absolute Gasteiger partial charge is 0.366 e. The molecule has 1 aliphatic heterocycles. The topological polar surface area (TPSA) is 49.4 Å². The van der Waals surface area contributed by atoms with Gasteiger partial charge in [0, 0.05) is 16.4 Å². The summed E-state index contributed by atoms with van der Waals surface area (Å²) in [5.41, 5.74) is 1.94. The summed E-state index contributed by atoms with van der Waals surface area (Å²) in [7, 11) is 2.00. The maximum absolute atomic E-state index is 11.7. The molecule has 0 saturated heterocycles. The molecular weight excluding hydrogens is 352 g/mol. The third-order valence-electron chi connectivity index (χ3n) is 3.70. The fourth-order valence-corrected chi connectivity index (χ4v) is 3.80. The van der Waals surface area contributed by atoms with Crippen LogP contribution in [0.2, 0.25) is 0 Å². The summed E-state index contributed by atoms with van der Waals surface area (Å²) in [6.07, 6.45) is 0. The van der Waals surface area contributed by atoms with E-state index in [1.54, 1.807) is 17.4 Å². The van der Waals surface area contributed by atoms with Crippen molar-refractivity contribution in [3.8, 4) is 0 Å². The van der Waals surface area contributed by atoms with E-state index in [2.05, 4.69) is 44.5 Å². The van der Waals surface area contributed by atoms with Crippen LogP contribution in [0.4, 0.5) is 11.4 Å². The monoisotopic (exact) mass is 364 g/mol. The average molecular weight is 365 g/mol. The molecule has 1 aliphatic rings. The van der Waals surface area contributed by atoms with Crippen molar-refractivity contribution in [2.45, 2.75) is 13.0 Å². The van der Waals surface area contributed by atoms with Crippen molar-refractivity contribution >= 4 is 50.3 Å². The third-order valence-corrected chi connectivity index (χ3v) is 5.38. The van der Waals surface area contributed by atoms with Crippen molar-refractivity contribution in [2.24, 2.45) is 0 Å². The Labute approximate surface area is 134 Å². The van der Waals surface area contributed by atoms with Crippen LogP contribution in [0, 0.1) is 0 Å². The highest BCUT2D eigenvalue weighted by atomic mass is 79.9. The van der Waals surface area contributed by atoms with E-state index in [0.717, 1.165) is 10.2 Å². The lowest BCUT2D eigenvalue weighted by atomic mass is 10.1. The number of fused-ring (bicyclic) bond motifs is 1. The van der Waals surface area contributed by atoms with Gasteiger partial charge in [0.25, 0.3) is 11.7 Å². The second-order valence-electron chi connectivity index (χ2n) is 4.93. The molecule has 1 aromatic carbocycles. The van der Waals surface area contributed by atoms with Crippen molar-refractivity contribution in [2.75, 3.05) is 17.3 Å². The average Bonchev–Trinajstić information content (AvgIpc) is 3.08. The van der Waals surface area contributed by atoms with Crippen LogP contribution in [0.15, 0.2) is 34.1 Å². The lowest BCUT2D eigenvalue weighted by Crippen LogP contribution is -2.21. The van der Waals surface area contributed by atoms with Gasteiger partial charge < -0.3 is 10.2 Å². The first-order valence-corrected chi connectivity index (χ1v) is 8.11. The van der Waals surface area contributed by atoms with E-state index in [4.69, 9.17) is 0 Å². The minimum atomic E-state index is -0.567. The number of carbonyl (C=O) groups is 2. The van der Waals surface area contributed by atoms with E-state index in [-0.39, 0.29) is 6.04 Å². The van der Waals surface area contributed by atoms with Gasteiger partial charge in [-0.15, -0.1) is 11.3 Å². The number of halogens is 1. The van der Waals surface area contributed by atoms with Crippen LogP contribution in [0.5, 0.6) is 0 Å². The zero-order chi connectivity index (χ0) is 15.1. The summed E-state index contributed by atoms with van der Waals surface area (Å²) in [6, 6.07) is 7.88. The highest BCUT2D eigenvalue weighted by molar-refractivity contribution is 9.10. The number of hydrogen-bond donors (Lipinski definition) is 1. The predicted octanol–water partition coefficient (Wildman–Crippen LogP) is 3.84. The zero-order valence-electron chi connectivity index (χ0n) is 11.5. The molecule has 0 spiro atoms. The fourth-order valence-electron chi connectivity index (χ4n) is 2.35. The SMILES string of the molecule is CC(c1cccs1)N(C)c1cc2c(cc1Br)C(=O)C(=O)N2. The maximum atomic E-state index is 11.7. The van der Waals surface area contributed by atoms with E-state index in [1.807, 2.05) is 19.2 Å². The van der Waals surface area contributed by atoms with E-state index in [9.17, 15) is 9.59 Å². The molecule has 6 heteroatoms. The summed E-state index contributed by atoms with van der Waals surface area (Å²) in [6.45, 7) is 2.12. The molecular formula is C15H13BrN2O2S. The highest BCUT2D eigenvalue weighted by Crippen LogP contribution is 2.38. The van der Waals surface area contributed by atoms with Crippen LogP contribution in [0.3, 0.4) is 0 Å². The van der Waals surface area contributed by atoms with Gasteiger partial charge in [0.1, 0.15) is 0 Å². The quantitative estimate of drug-likeness (QED) is 0.841. The van der Waals surface area contributed by atoms with E-state index < -0.39 is 11.7 Å². The Morgan fingerprint density at radius 3 is 2.76 bits per heavy atom. The summed E-state index contributed by atoms with van der Waals surface area (Å²) in [5.74, 6) is -1.05. The van der Waals surface area contributed by atoms with Crippen molar-refractivity contribution < 1.29 is 9.59 Å².